The standard InChI is InChI=1S/C11H17N2O8P/c1-6-4-13(11(16)12-10(6)15)9-3-7(14)8(21-9)5-20-22(17,18)19-2/h4,7-9,14H,3,5H2,1-2H3,(H,17,18)(H,12,15,16)/p-1. The molecule has 1 aromatic rings. The van der Waals surface area contributed by atoms with E-state index in [4.69, 9.17) is 4.74 Å². The van der Waals surface area contributed by atoms with Gasteiger partial charge in [-0.15, -0.1) is 0 Å². The van der Waals surface area contributed by atoms with Crippen molar-refractivity contribution in [1.29, 1.82) is 0 Å². The topological polar surface area (TPSA) is 143 Å². The molecule has 0 aliphatic carbocycles. The zero-order valence-corrected chi connectivity index (χ0v) is 12.8. The van der Waals surface area contributed by atoms with Crippen molar-refractivity contribution < 1.29 is 28.3 Å². The van der Waals surface area contributed by atoms with E-state index in [0.717, 1.165) is 11.7 Å². The van der Waals surface area contributed by atoms with Crippen molar-refractivity contribution >= 4 is 7.82 Å². The number of aliphatic hydroxyl groups is 1. The average molecular weight is 335 g/mol. The van der Waals surface area contributed by atoms with Crippen LogP contribution < -0.4 is 16.1 Å². The third-order valence-corrected chi connectivity index (χ3v) is 4.19. The van der Waals surface area contributed by atoms with Crippen LogP contribution in [-0.2, 0) is 18.3 Å². The lowest BCUT2D eigenvalue weighted by atomic mass is 10.2. The van der Waals surface area contributed by atoms with Crippen LogP contribution in [0.2, 0.25) is 0 Å². The first-order valence-electron chi connectivity index (χ1n) is 6.40. The summed E-state index contributed by atoms with van der Waals surface area (Å²) in [5, 5.41) is 9.88. The fraction of sp³-hybridized carbons (Fsp3) is 0.636. The minimum absolute atomic E-state index is 0.0511. The summed E-state index contributed by atoms with van der Waals surface area (Å²) >= 11 is 0. The fourth-order valence-electron chi connectivity index (χ4n) is 2.05. The van der Waals surface area contributed by atoms with Crippen LogP contribution in [0.1, 0.15) is 18.2 Å². The first kappa shape index (κ1) is 17.1. The number of phosphoric ester groups is 1. The Hall–Kier alpha value is -1.29. The first-order valence-corrected chi connectivity index (χ1v) is 7.86. The predicted molar refractivity (Wildman–Crippen MR) is 71.2 cm³/mol. The van der Waals surface area contributed by atoms with Gasteiger partial charge in [0.05, 0.1) is 12.7 Å². The van der Waals surface area contributed by atoms with Crippen LogP contribution in [0.3, 0.4) is 0 Å². The highest BCUT2D eigenvalue weighted by Gasteiger charge is 2.36. The number of hydrogen-bond acceptors (Lipinski definition) is 8. The maximum atomic E-state index is 11.8. The normalized spacial score (nSPS) is 27.7. The molecule has 1 fully saturated rings. The SMILES string of the molecule is COP(=O)([O-])OCC1OC(n2cc(C)c(=O)[nH]c2=O)CC1O. The van der Waals surface area contributed by atoms with Gasteiger partial charge in [-0.25, -0.2) is 4.79 Å². The third kappa shape index (κ3) is 3.72. The highest BCUT2D eigenvalue weighted by molar-refractivity contribution is 7.45. The van der Waals surface area contributed by atoms with Crippen molar-refractivity contribution in [3.8, 4) is 0 Å². The highest BCUT2D eigenvalue weighted by Crippen LogP contribution is 2.38. The number of ether oxygens (including phenoxy) is 1. The van der Waals surface area contributed by atoms with Crippen molar-refractivity contribution in [3.63, 3.8) is 0 Å². The number of hydrogen-bond donors (Lipinski definition) is 2. The molecule has 124 valence electrons. The molecule has 10 nitrogen and oxygen atoms in total. The molecule has 1 saturated heterocycles. The molecule has 0 bridgehead atoms. The number of H-pyrrole nitrogens is 1. The van der Waals surface area contributed by atoms with E-state index in [-0.39, 0.29) is 6.42 Å². The van der Waals surface area contributed by atoms with E-state index in [2.05, 4.69) is 14.0 Å². The van der Waals surface area contributed by atoms with Crippen LogP contribution in [0.4, 0.5) is 0 Å². The van der Waals surface area contributed by atoms with Gasteiger partial charge in [-0.2, -0.15) is 0 Å². The van der Waals surface area contributed by atoms with Gasteiger partial charge in [-0.3, -0.25) is 18.9 Å². The van der Waals surface area contributed by atoms with Gasteiger partial charge in [0.2, 0.25) is 0 Å². The van der Waals surface area contributed by atoms with Crippen LogP contribution in [0.15, 0.2) is 15.8 Å². The number of aryl methyl sites for hydroxylation is 1. The second-order valence-corrected chi connectivity index (χ2v) is 6.35. The molecule has 1 aliphatic rings. The van der Waals surface area contributed by atoms with Gasteiger partial charge >= 0.3 is 5.69 Å². The van der Waals surface area contributed by atoms with E-state index < -0.39 is 44.1 Å². The van der Waals surface area contributed by atoms with E-state index in [0.29, 0.717) is 5.56 Å². The Balaban J connectivity index is 2.11. The molecule has 0 spiro atoms. The number of aromatic amines is 1. The highest BCUT2D eigenvalue weighted by atomic mass is 31.2. The van der Waals surface area contributed by atoms with Gasteiger partial charge in [0.15, 0.2) is 0 Å². The Bertz CT molecular complexity index is 698. The van der Waals surface area contributed by atoms with Gasteiger partial charge < -0.3 is 23.8 Å². The number of rotatable bonds is 5. The summed E-state index contributed by atoms with van der Waals surface area (Å²) in [6, 6.07) is 0. The lowest BCUT2D eigenvalue weighted by Gasteiger charge is -2.23. The summed E-state index contributed by atoms with van der Waals surface area (Å²) in [5.41, 5.74) is -0.881. The van der Waals surface area contributed by atoms with Crippen LogP contribution in [0.25, 0.3) is 0 Å². The summed E-state index contributed by atoms with van der Waals surface area (Å²) in [7, 11) is -3.48. The zero-order valence-electron chi connectivity index (χ0n) is 11.9. The van der Waals surface area contributed by atoms with Crippen LogP contribution in [0, 0.1) is 6.92 Å². The summed E-state index contributed by atoms with van der Waals surface area (Å²) in [4.78, 5) is 36.3. The average Bonchev–Trinajstić information content (AvgIpc) is 2.82. The molecular formula is C11H16N2O8P-. The second kappa shape index (κ2) is 6.45. The van der Waals surface area contributed by atoms with Crippen molar-refractivity contribution in [2.75, 3.05) is 13.7 Å². The van der Waals surface area contributed by atoms with Gasteiger partial charge in [-0.1, -0.05) is 0 Å². The molecule has 2 N–H and O–H groups in total. The summed E-state index contributed by atoms with van der Waals surface area (Å²) in [6.45, 7) is 1.08. The van der Waals surface area contributed by atoms with Crippen molar-refractivity contribution in [2.24, 2.45) is 0 Å². The van der Waals surface area contributed by atoms with E-state index in [1.165, 1.54) is 13.1 Å². The van der Waals surface area contributed by atoms with Crippen molar-refractivity contribution in [3.05, 3.63) is 32.6 Å². The molecule has 0 saturated carbocycles. The minimum Gasteiger partial charge on any atom is -0.756 e. The molecule has 0 aromatic carbocycles. The molecule has 1 aromatic heterocycles. The fourth-order valence-corrected chi connectivity index (χ4v) is 2.49. The molecule has 2 heterocycles. The lowest BCUT2D eigenvalue weighted by molar-refractivity contribution is -0.226. The van der Waals surface area contributed by atoms with Crippen molar-refractivity contribution in [2.45, 2.75) is 31.8 Å². The van der Waals surface area contributed by atoms with E-state index in [1.54, 1.807) is 0 Å². The molecule has 4 atom stereocenters. The maximum absolute atomic E-state index is 11.8. The van der Waals surface area contributed by atoms with E-state index >= 15 is 0 Å². The first-order chi connectivity index (χ1) is 10.2. The van der Waals surface area contributed by atoms with Crippen LogP contribution in [0.5, 0.6) is 0 Å². The summed E-state index contributed by atoms with van der Waals surface area (Å²) < 4.78 is 26.3. The van der Waals surface area contributed by atoms with Crippen LogP contribution in [-0.4, -0.2) is 40.6 Å². The molecule has 11 heteroatoms. The maximum Gasteiger partial charge on any atom is 0.330 e. The largest absolute Gasteiger partial charge is 0.756 e. The van der Waals surface area contributed by atoms with Gasteiger partial charge in [0, 0.05) is 25.3 Å². The molecule has 22 heavy (non-hydrogen) atoms. The second-order valence-electron chi connectivity index (χ2n) is 4.84. The molecule has 2 rings (SSSR count). The monoisotopic (exact) mass is 335 g/mol. The Morgan fingerprint density at radius 2 is 2.27 bits per heavy atom. The summed E-state index contributed by atoms with van der Waals surface area (Å²) in [6.07, 6.45) is -1.44. The number of nitrogens with one attached hydrogen (secondary N) is 1. The lowest BCUT2D eigenvalue weighted by Crippen LogP contribution is -2.33. The van der Waals surface area contributed by atoms with Gasteiger partial charge in [0.1, 0.15) is 12.3 Å². The Kier molecular flexibility index (Phi) is 5.00. The smallest absolute Gasteiger partial charge is 0.330 e. The Morgan fingerprint density at radius 1 is 1.59 bits per heavy atom. The van der Waals surface area contributed by atoms with E-state index in [9.17, 15) is 24.2 Å². The number of aromatic nitrogens is 2. The molecule has 1 aliphatic heterocycles. The zero-order chi connectivity index (χ0) is 16.5. The Morgan fingerprint density at radius 3 is 2.91 bits per heavy atom. The number of phosphoric acid groups is 1. The molecule has 4 unspecified atom stereocenters. The molecular weight excluding hydrogens is 319 g/mol. The Labute approximate surface area is 124 Å². The third-order valence-electron chi connectivity index (χ3n) is 3.28. The number of nitrogens with zero attached hydrogens (tertiary/aromatic N) is 1. The quantitative estimate of drug-likeness (QED) is 0.627. The van der Waals surface area contributed by atoms with Gasteiger partial charge in [0.25, 0.3) is 13.4 Å². The number of aliphatic hydroxyl groups excluding tert-OH is 1. The minimum atomic E-state index is -4.43. The van der Waals surface area contributed by atoms with Crippen LogP contribution >= 0.6 is 7.82 Å². The molecule has 0 amide bonds. The van der Waals surface area contributed by atoms with E-state index in [1.807, 2.05) is 0 Å². The molecule has 0 radical (unpaired) electrons. The van der Waals surface area contributed by atoms with Gasteiger partial charge in [-0.05, 0) is 6.92 Å². The van der Waals surface area contributed by atoms with Crippen molar-refractivity contribution in [1.82, 2.24) is 9.55 Å². The summed E-state index contributed by atoms with van der Waals surface area (Å²) in [5.74, 6) is 0. The predicted octanol–water partition coefficient (Wildman–Crippen LogP) is -1.38.